The fourth-order valence-electron chi connectivity index (χ4n) is 2.89. The molecule has 100 valence electrons. The van der Waals surface area contributed by atoms with Gasteiger partial charge in [-0.25, -0.2) is 0 Å². The Kier molecular flexibility index (Phi) is 4.61. The van der Waals surface area contributed by atoms with Gasteiger partial charge in [-0.2, -0.15) is 0 Å². The molecular formula is C15H23NO2. The molecule has 0 aliphatic carbocycles. The van der Waals surface area contributed by atoms with Crippen LogP contribution in [-0.4, -0.2) is 31.9 Å². The lowest BCUT2D eigenvalue weighted by Gasteiger charge is -2.30. The van der Waals surface area contributed by atoms with Crippen molar-refractivity contribution in [3.8, 4) is 5.75 Å². The smallest absolute Gasteiger partial charge is 0.122 e. The zero-order valence-corrected chi connectivity index (χ0v) is 11.3. The maximum Gasteiger partial charge on any atom is 0.122 e. The van der Waals surface area contributed by atoms with Crippen LogP contribution in [-0.2, 0) is 0 Å². The molecule has 1 aliphatic heterocycles. The summed E-state index contributed by atoms with van der Waals surface area (Å²) in [5.74, 6) is 1.65. The molecule has 1 unspecified atom stereocenters. The van der Waals surface area contributed by atoms with E-state index >= 15 is 0 Å². The van der Waals surface area contributed by atoms with Crippen molar-refractivity contribution >= 4 is 0 Å². The van der Waals surface area contributed by atoms with Crippen LogP contribution in [0, 0.1) is 12.8 Å². The van der Waals surface area contributed by atoms with Gasteiger partial charge in [0.1, 0.15) is 5.75 Å². The first-order valence-electron chi connectivity index (χ1n) is 6.72. The summed E-state index contributed by atoms with van der Waals surface area (Å²) in [5, 5.41) is 13.1. The lowest BCUT2D eigenvalue weighted by Crippen LogP contribution is -2.32. The summed E-state index contributed by atoms with van der Waals surface area (Å²) in [7, 11) is 1.70. The van der Waals surface area contributed by atoms with Crippen LogP contribution in [0.4, 0.5) is 0 Å². The van der Waals surface area contributed by atoms with Crippen molar-refractivity contribution in [3.05, 3.63) is 29.3 Å². The van der Waals surface area contributed by atoms with E-state index in [1.165, 1.54) is 5.56 Å². The molecular weight excluding hydrogens is 226 g/mol. The molecule has 3 heteroatoms. The van der Waals surface area contributed by atoms with E-state index in [1.807, 2.05) is 6.07 Å². The fourth-order valence-corrected chi connectivity index (χ4v) is 2.89. The Morgan fingerprint density at radius 2 is 2.11 bits per heavy atom. The molecule has 2 rings (SSSR count). The number of aliphatic hydroxyl groups is 1. The molecule has 1 aromatic carbocycles. The summed E-state index contributed by atoms with van der Waals surface area (Å²) >= 11 is 0. The number of benzene rings is 1. The van der Waals surface area contributed by atoms with Gasteiger partial charge < -0.3 is 15.2 Å². The monoisotopic (exact) mass is 249 g/mol. The highest BCUT2D eigenvalue weighted by Gasteiger charge is 2.26. The van der Waals surface area contributed by atoms with E-state index in [9.17, 15) is 5.11 Å². The van der Waals surface area contributed by atoms with Crippen molar-refractivity contribution in [1.82, 2.24) is 5.32 Å². The third-order valence-corrected chi connectivity index (χ3v) is 3.93. The Balaban J connectivity index is 2.27. The van der Waals surface area contributed by atoms with Crippen molar-refractivity contribution in [2.24, 2.45) is 5.92 Å². The van der Waals surface area contributed by atoms with Gasteiger partial charge in [-0.15, -0.1) is 0 Å². The van der Waals surface area contributed by atoms with Crippen molar-refractivity contribution < 1.29 is 9.84 Å². The van der Waals surface area contributed by atoms with Crippen molar-refractivity contribution in [2.75, 3.05) is 26.8 Å². The fraction of sp³-hybridized carbons (Fsp3) is 0.600. The SMILES string of the molecule is COc1ccc(C)cc1C(CO)C1CCNCC1. The quantitative estimate of drug-likeness (QED) is 0.858. The highest BCUT2D eigenvalue weighted by molar-refractivity contribution is 5.40. The summed E-state index contributed by atoms with van der Waals surface area (Å²) in [5.41, 5.74) is 2.38. The van der Waals surface area contributed by atoms with Crippen LogP contribution in [0.25, 0.3) is 0 Å². The number of aryl methyl sites for hydroxylation is 1. The van der Waals surface area contributed by atoms with Gasteiger partial charge >= 0.3 is 0 Å². The highest BCUT2D eigenvalue weighted by atomic mass is 16.5. The van der Waals surface area contributed by atoms with Gasteiger partial charge in [-0.1, -0.05) is 17.7 Å². The molecule has 2 N–H and O–H groups in total. The van der Waals surface area contributed by atoms with E-state index in [4.69, 9.17) is 4.74 Å². The molecule has 0 aromatic heterocycles. The van der Waals surface area contributed by atoms with Gasteiger partial charge in [-0.3, -0.25) is 0 Å². The second-order valence-electron chi connectivity index (χ2n) is 5.12. The molecule has 1 aromatic rings. The second kappa shape index (κ2) is 6.21. The summed E-state index contributed by atoms with van der Waals surface area (Å²) in [6, 6.07) is 6.22. The van der Waals surface area contributed by atoms with E-state index in [0.717, 1.165) is 37.2 Å². The van der Waals surface area contributed by atoms with Crippen LogP contribution < -0.4 is 10.1 Å². The van der Waals surface area contributed by atoms with E-state index in [0.29, 0.717) is 5.92 Å². The molecule has 1 aliphatic rings. The van der Waals surface area contributed by atoms with Crippen molar-refractivity contribution in [1.29, 1.82) is 0 Å². The zero-order chi connectivity index (χ0) is 13.0. The minimum Gasteiger partial charge on any atom is -0.496 e. The Labute approximate surface area is 109 Å². The molecule has 0 spiro atoms. The summed E-state index contributed by atoms with van der Waals surface area (Å²) in [6.07, 6.45) is 2.25. The number of hydrogen-bond donors (Lipinski definition) is 2. The van der Waals surface area contributed by atoms with Gasteiger partial charge in [0.2, 0.25) is 0 Å². The first kappa shape index (κ1) is 13.4. The standard InChI is InChI=1S/C15H23NO2/c1-11-3-4-15(18-2)13(9-11)14(10-17)12-5-7-16-8-6-12/h3-4,9,12,14,16-17H,5-8,10H2,1-2H3. The summed E-state index contributed by atoms with van der Waals surface area (Å²) in [4.78, 5) is 0. The maximum atomic E-state index is 9.77. The molecule has 0 radical (unpaired) electrons. The first-order valence-corrected chi connectivity index (χ1v) is 6.72. The van der Waals surface area contributed by atoms with Gasteiger partial charge in [-0.05, 0) is 44.8 Å². The molecule has 1 saturated heterocycles. The highest BCUT2D eigenvalue weighted by Crippen LogP contribution is 2.36. The van der Waals surface area contributed by atoms with Gasteiger partial charge in [0.05, 0.1) is 13.7 Å². The van der Waals surface area contributed by atoms with E-state index in [2.05, 4.69) is 24.4 Å². The maximum absolute atomic E-state index is 9.77. The molecule has 18 heavy (non-hydrogen) atoms. The second-order valence-corrected chi connectivity index (χ2v) is 5.12. The number of ether oxygens (including phenoxy) is 1. The molecule has 1 heterocycles. The predicted octanol–water partition coefficient (Wildman–Crippen LogP) is 2.08. The largest absolute Gasteiger partial charge is 0.496 e. The Morgan fingerprint density at radius 3 is 2.72 bits per heavy atom. The van der Waals surface area contributed by atoms with E-state index < -0.39 is 0 Å². The average molecular weight is 249 g/mol. The predicted molar refractivity (Wildman–Crippen MR) is 73.2 cm³/mol. The minimum absolute atomic E-state index is 0.196. The molecule has 1 atom stereocenters. The summed E-state index contributed by atoms with van der Waals surface area (Å²) < 4.78 is 5.45. The Bertz CT molecular complexity index is 386. The topological polar surface area (TPSA) is 41.5 Å². The average Bonchev–Trinajstić information content (AvgIpc) is 2.41. The van der Waals surface area contributed by atoms with E-state index in [1.54, 1.807) is 7.11 Å². The van der Waals surface area contributed by atoms with Gasteiger partial charge in [0.25, 0.3) is 0 Å². The Hall–Kier alpha value is -1.06. The lowest BCUT2D eigenvalue weighted by atomic mass is 9.80. The zero-order valence-electron chi connectivity index (χ0n) is 11.3. The third-order valence-electron chi connectivity index (χ3n) is 3.93. The first-order chi connectivity index (χ1) is 8.76. The molecule has 0 amide bonds. The summed E-state index contributed by atoms with van der Waals surface area (Å²) in [6.45, 7) is 4.38. The third kappa shape index (κ3) is 2.85. The number of aliphatic hydroxyl groups excluding tert-OH is 1. The minimum atomic E-state index is 0.196. The number of methoxy groups -OCH3 is 1. The number of hydrogen-bond acceptors (Lipinski definition) is 3. The van der Waals surface area contributed by atoms with Crippen LogP contribution >= 0.6 is 0 Å². The van der Waals surface area contributed by atoms with Crippen LogP contribution in [0.2, 0.25) is 0 Å². The molecule has 3 nitrogen and oxygen atoms in total. The van der Waals surface area contributed by atoms with E-state index in [-0.39, 0.29) is 12.5 Å². The van der Waals surface area contributed by atoms with Crippen LogP contribution in [0.1, 0.15) is 29.9 Å². The number of rotatable bonds is 4. The van der Waals surface area contributed by atoms with Crippen LogP contribution in [0.5, 0.6) is 5.75 Å². The van der Waals surface area contributed by atoms with Gasteiger partial charge in [0, 0.05) is 11.5 Å². The molecule has 0 saturated carbocycles. The van der Waals surface area contributed by atoms with Crippen molar-refractivity contribution in [2.45, 2.75) is 25.7 Å². The number of piperidine rings is 1. The Morgan fingerprint density at radius 1 is 1.39 bits per heavy atom. The van der Waals surface area contributed by atoms with Crippen LogP contribution in [0.15, 0.2) is 18.2 Å². The normalized spacial score (nSPS) is 18.6. The molecule has 0 bridgehead atoms. The lowest BCUT2D eigenvalue weighted by molar-refractivity contribution is 0.198. The van der Waals surface area contributed by atoms with Crippen molar-refractivity contribution in [3.63, 3.8) is 0 Å². The van der Waals surface area contributed by atoms with Gasteiger partial charge in [0.15, 0.2) is 0 Å². The van der Waals surface area contributed by atoms with Crippen LogP contribution in [0.3, 0.4) is 0 Å². The number of nitrogens with one attached hydrogen (secondary N) is 1. The molecule has 1 fully saturated rings.